The second-order valence-corrected chi connectivity index (χ2v) is 16.4. The Balaban J connectivity index is 0.000000190. The van der Waals surface area contributed by atoms with Crippen molar-refractivity contribution < 1.29 is 4.74 Å². The molecule has 1 atom stereocenters. The number of nitrogens with zero attached hydrogens (tertiary/aromatic N) is 4. The van der Waals surface area contributed by atoms with Crippen LogP contribution in [0.4, 0.5) is 0 Å². The summed E-state index contributed by atoms with van der Waals surface area (Å²) in [6, 6.07) is 52.4. The second kappa shape index (κ2) is 19.7. The topological polar surface area (TPSA) is 78.3 Å². The minimum absolute atomic E-state index is 0.0985. The number of aryl methyl sites for hydroxylation is 2. The predicted octanol–water partition coefficient (Wildman–Crippen LogP) is 11.5. The Hall–Kier alpha value is -6.22. The molecule has 0 aliphatic rings. The maximum absolute atomic E-state index is 12.8. The average Bonchev–Trinajstić information content (AvgIpc) is 3.73. The summed E-state index contributed by atoms with van der Waals surface area (Å²) in [6.07, 6.45) is 4.47. The van der Waals surface area contributed by atoms with Gasteiger partial charge in [0, 0.05) is 42.1 Å². The molecule has 62 heavy (non-hydrogen) atoms. The smallest absolute Gasteiger partial charge is 0.251 e. The fourth-order valence-electron chi connectivity index (χ4n) is 7.86. The number of imidazole rings is 1. The predicted molar refractivity (Wildman–Crippen MR) is 258 cm³/mol. The summed E-state index contributed by atoms with van der Waals surface area (Å²) in [4.78, 5) is 19.2. The van der Waals surface area contributed by atoms with Gasteiger partial charge in [-0.15, -0.1) is 0 Å². The van der Waals surface area contributed by atoms with Crippen LogP contribution < -0.4 is 16.0 Å². The van der Waals surface area contributed by atoms with E-state index in [1.807, 2.05) is 78.3 Å². The standard InChI is InChI=1S/C27H22Cl2N4O.C26H29NO/c1-32-16-31-15-25(32)27(30,18-6-9-20(28)10-7-18)19-8-11-24-23(13-19)22(14-26(34)33(24)2)17-4-3-5-21(29)12-17;1-4-25(21-11-7-5-8-12-21)26(22-13-9-6-10-14-22)23-15-17-24(18-16-23)28-20-19-27(2)3/h3-16H,30H2,1-2H3;5-18H,4,19-20H2,1-3H3/b;26-25-. The Kier molecular flexibility index (Phi) is 13.9. The van der Waals surface area contributed by atoms with Crippen molar-refractivity contribution in [1.82, 2.24) is 19.0 Å². The molecule has 0 fully saturated rings. The van der Waals surface area contributed by atoms with E-state index in [1.165, 1.54) is 27.8 Å². The highest BCUT2D eigenvalue weighted by Crippen LogP contribution is 2.39. The average molecular weight is 861 g/mol. The number of likely N-dealkylation sites (N-methyl/N-ethyl adjacent to an activating group) is 1. The molecule has 314 valence electrons. The first-order chi connectivity index (χ1) is 30.0. The van der Waals surface area contributed by atoms with Crippen LogP contribution in [0.2, 0.25) is 10.0 Å². The number of halogens is 2. The van der Waals surface area contributed by atoms with Crippen LogP contribution in [0, 0.1) is 0 Å². The summed E-state index contributed by atoms with van der Waals surface area (Å²) >= 11 is 12.4. The van der Waals surface area contributed by atoms with E-state index < -0.39 is 5.54 Å². The van der Waals surface area contributed by atoms with Gasteiger partial charge < -0.3 is 24.5 Å². The molecule has 1 unspecified atom stereocenters. The lowest BCUT2D eigenvalue weighted by molar-refractivity contribution is 0.261. The van der Waals surface area contributed by atoms with E-state index in [1.54, 1.807) is 30.2 Å². The number of hydrogen-bond donors (Lipinski definition) is 1. The molecule has 9 heteroatoms. The van der Waals surface area contributed by atoms with Gasteiger partial charge in [-0.1, -0.05) is 133 Å². The molecule has 2 aromatic heterocycles. The third kappa shape index (κ3) is 9.62. The Morgan fingerprint density at radius 3 is 1.98 bits per heavy atom. The highest BCUT2D eigenvalue weighted by atomic mass is 35.5. The lowest BCUT2D eigenvalue weighted by Gasteiger charge is -2.31. The summed E-state index contributed by atoms with van der Waals surface area (Å²) < 4.78 is 9.42. The molecule has 0 aliphatic heterocycles. The van der Waals surface area contributed by atoms with Crippen LogP contribution in [-0.2, 0) is 19.6 Å². The molecule has 0 aliphatic carbocycles. The van der Waals surface area contributed by atoms with Gasteiger partial charge in [0.2, 0.25) is 0 Å². The summed E-state index contributed by atoms with van der Waals surface area (Å²) in [6.45, 7) is 3.83. The number of allylic oxidation sites excluding steroid dienone is 1. The zero-order valence-electron chi connectivity index (χ0n) is 35.7. The Bertz CT molecular complexity index is 2850. The number of fused-ring (bicyclic) bond motifs is 1. The SMILES string of the molecule is CC/C(=C(\c1ccccc1)c1ccc(OCCN(C)C)cc1)c1ccccc1.Cn1cncc1C(N)(c1ccc(Cl)cc1)c1ccc2c(c1)c(-c1cccc(Cl)c1)cc(=O)n2C. The number of pyridine rings is 1. The first-order valence-corrected chi connectivity index (χ1v) is 21.4. The number of aromatic nitrogens is 3. The maximum atomic E-state index is 12.8. The number of rotatable bonds is 12. The summed E-state index contributed by atoms with van der Waals surface area (Å²) in [7, 11) is 7.79. The van der Waals surface area contributed by atoms with Gasteiger partial charge in [0.05, 0.1) is 23.7 Å². The van der Waals surface area contributed by atoms with E-state index in [0.717, 1.165) is 57.6 Å². The van der Waals surface area contributed by atoms with Gasteiger partial charge in [0.25, 0.3) is 5.56 Å². The van der Waals surface area contributed by atoms with Gasteiger partial charge in [-0.05, 0) is 119 Å². The van der Waals surface area contributed by atoms with E-state index >= 15 is 0 Å². The van der Waals surface area contributed by atoms with Crippen molar-refractivity contribution in [3.8, 4) is 16.9 Å². The summed E-state index contributed by atoms with van der Waals surface area (Å²) in [5.74, 6) is 0.913. The molecule has 7 nitrogen and oxygen atoms in total. The molecule has 2 heterocycles. The number of benzene rings is 6. The van der Waals surface area contributed by atoms with Gasteiger partial charge >= 0.3 is 0 Å². The van der Waals surface area contributed by atoms with E-state index in [9.17, 15) is 4.79 Å². The molecular formula is C53H51Cl2N5O2. The van der Waals surface area contributed by atoms with Crippen molar-refractivity contribution in [2.75, 3.05) is 27.2 Å². The first kappa shape index (κ1) is 43.9. The quantitative estimate of drug-likeness (QED) is 0.124. The third-order valence-corrected chi connectivity index (χ3v) is 11.6. The molecule has 0 saturated heterocycles. The lowest BCUT2D eigenvalue weighted by atomic mass is 9.80. The van der Waals surface area contributed by atoms with Crippen LogP contribution in [0.3, 0.4) is 0 Å². The molecule has 8 rings (SSSR count). The van der Waals surface area contributed by atoms with Crippen LogP contribution >= 0.6 is 23.2 Å². The number of nitrogens with two attached hydrogens (primary N) is 1. The summed E-state index contributed by atoms with van der Waals surface area (Å²) in [5, 5.41) is 2.13. The van der Waals surface area contributed by atoms with Crippen LogP contribution in [0.1, 0.15) is 46.9 Å². The molecule has 6 aromatic carbocycles. The Morgan fingerprint density at radius 1 is 0.726 bits per heavy atom. The fraction of sp³-hybridized carbons (Fsp3) is 0.170. The molecule has 0 radical (unpaired) electrons. The van der Waals surface area contributed by atoms with E-state index in [4.69, 9.17) is 33.7 Å². The second-order valence-electron chi connectivity index (χ2n) is 15.5. The largest absolute Gasteiger partial charge is 0.492 e. The van der Waals surface area contributed by atoms with Gasteiger partial charge in [-0.25, -0.2) is 4.98 Å². The Morgan fingerprint density at radius 2 is 1.37 bits per heavy atom. The van der Waals surface area contributed by atoms with Crippen molar-refractivity contribution >= 4 is 45.3 Å². The van der Waals surface area contributed by atoms with Gasteiger partial charge in [-0.2, -0.15) is 0 Å². The highest BCUT2D eigenvalue weighted by Gasteiger charge is 2.35. The normalized spacial score (nSPS) is 12.7. The van der Waals surface area contributed by atoms with Crippen LogP contribution in [0.15, 0.2) is 175 Å². The van der Waals surface area contributed by atoms with Crippen LogP contribution in [0.5, 0.6) is 5.75 Å². The minimum Gasteiger partial charge on any atom is -0.492 e. The van der Waals surface area contributed by atoms with Crippen molar-refractivity contribution in [3.63, 3.8) is 0 Å². The first-order valence-electron chi connectivity index (χ1n) is 20.6. The lowest BCUT2D eigenvalue weighted by Crippen LogP contribution is -2.41. The number of hydrogen-bond acceptors (Lipinski definition) is 5. The molecule has 8 aromatic rings. The van der Waals surface area contributed by atoms with E-state index in [-0.39, 0.29) is 5.56 Å². The van der Waals surface area contributed by atoms with Gasteiger partial charge in [-0.3, -0.25) is 4.79 Å². The minimum atomic E-state index is -1.01. The zero-order valence-corrected chi connectivity index (χ0v) is 37.2. The Labute approximate surface area is 374 Å². The zero-order chi connectivity index (χ0) is 43.8. The highest BCUT2D eigenvalue weighted by molar-refractivity contribution is 6.31. The van der Waals surface area contributed by atoms with Crippen molar-refractivity contribution in [1.29, 1.82) is 0 Å². The molecule has 0 amide bonds. The van der Waals surface area contributed by atoms with Crippen molar-refractivity contribution in [2.45, 2.75) is 18.9 Å². The van der Waals surface area contributed by atoms with Gasteiger partial charge in [0.15, 0.2) is 0 Å². The molecule has 0 bridgehead atoms. The molecule has 0 saturated carbocycles. The number of ether oxygens (including phenoxy) is 1. The van der Waals surface area contributed by atoms with Gasteiger partial charge in [0.1, 0.15) is 17.9 Å². The van der Waals surface area contributed by atoms with Crippen LogP contribution in [-0.4, -0.2) is 46.3 Å². The molecule has 0 spiro atoms. The fourth-order valence-corrected chi connectivity index (χ4v) is 8.18. The van der Waals surface area contributed by atoms with E-state index in [0.29, 0.717) is 16.7 Å². The molecule has 2 N–H and O–H groups in total. The summed E-state index contributed by atoms with van der Waals surface area (Å²) in [5.41, 5.74) is 17.5. The van der Waals surface area contributed by atoms with Crippen molar-refractivity contribution in [2.24, 2.45) is 19.8 Å². The van der Waals surface area contributed by atoms with E-state index in [2.05, 4.69) is 116 Å². The molecular weight excluding hydrogens is 810 g/mol. The monoisotopic (exact) mass is 859 g/mol. The van der Waals surface area contributed by atoms with Crippen LogP contribution in [0.25, 0.3) is 33.2 Å². The van der Waals surface area contributed by atoms with Crippen molar-refractivity contribution in [3.05, 3.63) is 224 Å². The maximum Gasteiger partial charge on any atom is 0.251 e. The third-order valence-electron chi connectivity index (χ3n) is 11.1.